The van der Waals surface area contributed by atoms with Crippen LogP contribution in [0.15, 0.2) is 12.1 Å². The summed E-state index contributed by atoms with van der Waals surface area (Å²) in [4.78, 5) is 3.49. The Kier molecular flexibility index (Phi) is 3.27. The highest BCUT2D eigenvalue weighted by Gasteiger charge is 2.23. The molecule has 2 N–H and O–H groups in total. The fourth-order valence-electron chi connectivity index (χ4n) is 2.97. The summed E-state index contributed by atoms with van der Waals surface area (Å²) in [7, 11) is 2.02. The summed E-state index contributed by atoms with van der Waals surface area (Å²) >= 11 is 12.4. The van der Waals surface area contributed by atoms with Crippen molar-refractivity contribution in [2.45, 2.75) is 31.7 Å². The van der Waals surface area contributed by atoms with E-state index in [1.165, 1.54) is 35.9 Å². The number of rotatable bonds is 1. The van der Waals surface area contributed by atoms with Gasteiger partial charge in [0.05, 0.1) is 10.5 Å². The number of benzene rings is 1. The van der Waals surface area contributed by atoms with Crippen molar-refractivity contribution >= 4 is 34.1 Å². The van der Waals surface area contributed by atoms with E-state index < -0.39 is 0 Å². The maximum absolute atomic E-state index is 6.28. The van der Waals surface area contributed by atoms with Gasteiger partial charge in [0, 0.05) is 22.1 Å². The van der Waals surface area contributed by atoms with Crippen molar-refractivity contribution in [3.8, 4) is 0 Å². The fourth-order valence-corrected chi connectivity index (χ4v) is 3.51. The Bertz CT molecular complexity index is 589. The van der Waals surface area contributed by atoms with Crippen LogP contribution in [0.3, 0.4) is 0 Å². The second-order valence-corrected chi connectivity index (χ2v) is 5.76. The lowest BCUT2D eigenvalue weighted by molar-refractivity contribution is 0.536. The molecule has 1 atom stereocenters. The van der Waals surface area contributed by atoms with Gasteiger partial charge in [-0.3, -0.25) is 0 Å². The first-order valence-electron chi connectivity index (χ1n) is 6.37. The molecule has 1 aliphatic carbocycles. The summed E-state index contributed by atoms with van der Waals surface area (Å²) < 4.78 is 0. The largest absolute Gasteiger partial charge is 0.357 e. The third-order valence-corrected chi connectivity index (χ3v) is 4.33. The molecule has 18 heavy (non-hydrogen) atoms. The summed E-state index contributed by atoms with van der Waals surface area (Å²) in [5.74, 6) is 0. The van der Waals surface area contributed by atoms with E-state index in [1.54, 1.807) is 6.07 Å². The third-order valence-electron chi connectivity index (χ3n) is 3.81. The summed E-state index contributed by atoms with van der Waals surface area (Å²) in [6, 6.07) is 4.22. The van der Waals surface area contributed by atoms with Gasteiger partial charge in [-0.2, -0.15) is 0 Å². The van der Waals surface area contributed by atoms with Crippen LogP contribution >= 0.6 is 23.2 Å². The van der Waals surface area contributed by atoms with E-state index in [0.29, 0.717) is 16.1 Å². The molecule has 2 nitrogen and oxygen atoms in total. The van der Waals surface area contributed by atoms with Crippen molar-refractivity contribution in [3.63, 3.8) is 0 Å². The molecule has 0 spiro atoms. The minimum atomic E-state index is 0.394. The van der Waals surface area contributed by atoms with Gasteiger partial charge >= 0.3 is 0 Å². The Morgan fingerprint density at radius 1 is 1.28 bits per heavy atom. The lowest BCUT2D eigenvalue weighted by Gasteiger charge is -2.14. The number of H-pyrrole nitrogens is 1. The molecule has 1 heterocycles. The molecule has 0 radical (unpaired) electrons. The molecule has 0 saturated carbocycles. The van der Waals surface area contributed by atoms with Crippen molar-refractivity contribution in [3.05, 3.63) is 33.4 Å². The summed E-state index contributed by atoms with van der Waals surface area (Å²) in [6.07, 6.45) is 4.74. The quantitative estimate of drug-likeness (QED) is 0.743. The lowest BCUT2D eigenvalue weighted by Crippen LogP contribution is -2.15. The van der Waals surface area contributed by atoms with Crippen LogP contribution in [0.25, 0.3) is 10.9 Å². The number of fused-ring (bicyclic) bond motifs is 3. The summed E-state index contributed by atoms with van der Waals surface area (Å²) in [5.41, 5.74) is 3.69. The van der Waals surface area contributed by atoms with Gasteiger partial charge in [-0.25, -0.2) is 0 Å². The Balaban J connectivity index is 2.29. The van der Waals surface area contributed by atoms with Gasteiger partial charge in [-0.05, 0) is 44.0 Å². The second-order valence-electron chi connectivity index (χ2n) is 4.91. The molecule has 0 amide bonds. The monoisotopic (exact) mass is 282 g/mol. The first-order valence-corrected chi connectivity index (χ1v) is 7.13. The summed E-state index contributed by atoms with van der Waals surface area (Å²) in [6.45, 7) is 0. The van der Waals surface area contributed by atoms with Gasteiger partial charge in [0.1, 0.15) is 0 Å². The topological polar surface area (TPSA) is 27.8 Å². The highest BCUT2D eigenvalue weighted by atomic mass is 35.5. The maximum atomic E-state index is 6.28. The van der Waals surface area contributed by atoms with Crippen LogP contribution in [-0.4, -0.2) is 12.0 Å². The van der Waals surface area contributed by atoms with Crippen LogP contribution in [0.4, 0.5) is 0 Å². The van der Waals surface area contributed by atoms with Gasteiger partial charge < -0.3 is 10.3 Å². The Hall–Kier alpha value is -0.700. The number of aryl methyl sites for hydroxylation is 1. The first kappa shape index (κ1) is 12.3. The zero-order chi connectivity index (χ0) is 12.7. The van der Waals surface area contributed by atoms with Crippen LogP contribution in [-0.2, 0) is 6.42 Å². The highest BCUT2D eigenvalue weighted by Crippen LogP contribution is 2.38. The van der Waals surface area contributed by atoms with E-state index in [-0.39, 0.29) is 0 Å². The van der Waals surface area contributed by atoms with Gasteiger partial charge in [0.15, 0.2) is 0 Å². The number of hydrogen-bond acceptors (Lipinski definition) is 1. The normalized spacial score (nSPS) is 19.8. The molecular weight excluding hydrogens is 267 g/mol. The van der Waals surface area contributed by atoms with E-state index in [4.69, 9.17) is 23.2 Å². The Morgan fingerprint density at radius 3 is 2.89 bits per heavy atom. The maximum Gasteiger partial charge on any atom is 0.0662 e. The predicted molar refractivity (Wildman–Crippen MR) is 77.7 cm³/mol. The number of halogens is 2. The average Bonchev–Trinajstić information content (AvgIpc) is 2.57. The van der Waals surface area contributed by atoms with Gasteiger partial charge in [0.2, 0.25) is 0 Å². The van der Waals surface area contributed by atoms with Crippen LogP contribution < -0.4 is 5.32 Å². The van der Waals surface area contributed by atoms with Crippen LogP contribution in [0.2, 0.25) is 10.0 Å². The molecule has 1 aliphatic rings. The van der Waals surface area contributed by atoms with Crippen LogP contribution in [0.1, 0.15) is 36.6 Å². The standard InChI is InChI=1S/C14H16Cl2N2/c1-17-11-4-2-3-5-12-13(11)9-6-8(15)7-10(16)14(9)18-12/h6-7,11,17-18H,2-5H2,1H3. The van der Waals surface area contributed by atoms with E-state index in [9.17, 15) is 0 Å². The minimum Gasteiger partial charge on any atom is -0.357 e. The molecule has 0 bridgehead atoms. The Morgan fingerprint density at radius 2 is 2.11 bits per heavy atom. The molecule has 4 heteroatoms. The minimum absolute atomic E-state index is 0.394. The van der Waals surface area contributed by atoms with Crippen LogP contribution in [0.5, 0.6) is 0 Å². The van der Waals surface area contributed by atoms with Gasteiger partial charge in [-0.15, -0.1) is 0 Å². The van der Waals surface area contributed by atoms with E-state index in [0.717, 1.165) is 11.9 Å². The van der Waals surface area contributed by atoms with Crippen LogP contribution in [0, 0.1) is 0 Å². The molecule has 3 rings (SSSR count). The molecule has 0 fully saturated rings. The predicted octanol–water partition coefficient (Wildman–Crippen LogP) is 4.46. The molecule has 1 aromatic carbocycles. The van der Waals surface area contributed by atoms with E-state index >= 15 is 0 Å². The number of aromatic amines is 1. The first-order chi connectivity index (χ1) is 8.70. The van der Waals surface area contributed by atoms with E-state index in [2.05, 4.69) is 10.3 Å². The fraction of sp³-hybridized carbons (Fsp3) is 0.429. The summed E-state index contributed by atoms with van der Waals surface area (Å²) in [5, 5.41) is 5.99. The number of hydrogen-bond donors (Lipinski definition) is 2. The van der Waals surface area contributed by atoms with E-state index in [1.807, 2.05) is 13.1 Å². The van der Waals surface area contributed by atoms with Crippen molar-refractivity contribution < 1.29 is 0 Å². The average molecular weight is 283 g/mol. The Labute approximate surface area is 117 Å². The SMILES string of the molecule is CNC1CCCCc2[nH]c3c(Cl)cc(Cl)cc3c21. The lowest BCUT2D eigenvalue weighted by atomic mass is 10.0. The van der Waals surface area contributed by atoms with Crippen molar-refractivity contribution in [1.82, 2.24) is 10.3 Å². The van der Waals surface area contributed by atoms with Crippen molar-refractivity contribution in [2.75, 3.05) is 7.05 Å². The van der Waals surface area contributed by atoms with Crippen molar-refractivity contribution in [2.24, 2.45) is 0 Å². The van der Waals surface area contributed by atoms with Gasteiger partial charge in [-0.1, -0.05) is 29.6 Å². The molecule has 0 aliphatic heterocycles. The zero-order valence-corrected chi connectivity index (χ0v) is 11.8. The highest BCUT2D eigenvalue weighted by molar-refractivity contribution is 6.38. The van der Waals surface area contributed by atoms with Crippen molar-refractivity contribution in [1.29, 1.82) is 0 Å². The number of nitrogens with one attached hydrogen (secondary N) is 2. The zero-order valence-electron chi connectivity index (χ0n) is 10.3. The number of aromatic nitrogens is 1. The smallest absolute Gasteiger partial charge is 0.0662 e. The molecule has 0 saturated heterocycles. The molecule has 2 aromatic rings. The third kappa shape index (κ3) is 1.93. The molecule has 1 unspecified atom stereocenters. The second kappa shape index (κ2) is 4.76. The molecular formula is C14H16Cl2N2. The molecule has 96 valence electrons. The van der Waals surface area contributed by atoms with Gasteiger partial charge in [0.25, 0.3) is 0 Å². The molecule has 1 aromatic heterocycles.